The van der Waals surface area contributed by atoms with Gasteiger partial charge in [0.2, 0.25) is 5.91 Å². The first kappa shape index (κ1) is 21.6. The van der Waals surface area contributed by atoms with Crippen molar-refractivity contribution < 1.29 is 26.4 Å². The third-order valence-electron chi connectivity index (χ3n) is 3.54. The zero-order valence-corrected chi connectivity index (χ0v) is 16.4. The molecule has 0 unspecified atom stereocenters. The van der Waals surface area contributed by atoms with E-state index in [0.717, 1.165) is 23.9 Å². The van der Waals surface area contributed by atoms with E-state index in [1.54, 1.807) is 0 Å². The molecule has 0 radical (unpaired) electrons. The maximum Gasteiger partial charge on any atom is 0.416 e. The number of sulfone groups is 1. The third-order valence-corrected chi connectivity index (χ3v) is 6.75. The van der Waals surface area contributed by atoms with E-state index in [1.807, 2.05) is 0 Å². The lowest BCUT2D eigenvalue weighted by molar-refractivity contribution is -0.137. The van der Waals surface area contributed by atoms with Crippen molar-refractivity contribution in [2.45, 2.75) is 34.2 Å². The van der Waals surface area contributed by atoms with Crippen molar-refractivity contribution in [3.63, 3.8) is 0 Å². The fraction of sp³-hybridized carbons (Fsp3) is 0.235. The van der Waals surface area contributed by atoms with Crippen LogP contribution in [0.1, 0.15) is 18.1 Å². The molecule has 27 heavy (non-hydrogen) atoms. The monoisotopic (exact) mass is 437 g/mol. The van der Waals surface area contributed by atoms with Crippen LogP contribution in [0.15, 0.2) is 51.1 Å². The fourth-order valence-corrected chi connectivity index (χ4v) is 4.45. The minimum atomic E-state index is -4.59. The fourth-order valence-electron chi connectivity index (χ4n) is 2.24. The second-order valence-corrected chi connectivity index (χ2v) is 9.41. The first-order chi connectivity index (χ1) is 12.4. The maximum atomic E-state index is 13.1. The second-order valence-electron chi connectivity index (χ2n) is 5.60. The summed E-state index contributed by atoms with van der Waals surface area (Å²) >= 11 is 7.05. The minimum Gasteiger partial charge on any atom is -0.369 e. The summed E-state index contributed by atoms with van der Waals surface area (Å²) in [4.78, 5) is 11.7. The molecule has 2 rings (SSSR count). The number of halogens is 4. The van der Waals surface area contributed by atoms with Crippen molar-refractivity contribution in [2.24, 2.45) is 5.73 Å². The Morgan fingerprint density at radius 2 is 1.85 bits per heavy atom. The molecule has 4 nitrogen and oxygen atoms in total. The van der Waals surface area contributed by atoms with E-state index in [-0.39, 0.29) is 32.6 Å². The lowest BCUT2D eigenvalue weighted by Gasteiger charge is -2.12. The first-order valence-electron chi connectivity index (χ1n) is 7.62. The summed E-state index contributed by atoms with van der Waals surface area (Å²) in [5, 5.41) is 0.100. The van der Waals surface area contributed by atoms with Gasteiger partial charge in [-0.05, 0) is 42.0 Å². The third kappa shape index (κ3) is 5.63. The van der Waals surface area contributed by atoms with Gasteiger partial charge >= 0.3 is 6.18 Å². The van der Waals surface area contributed by atoms with Crippen LogP contribution in [0.5, 0.6) is 0 Å². The predicted octanol–water partition coefficient (Wildman–Crippen LogP) is 4.33. The molecule has 0 bridgehead atoms. The van der Waals surface area contributed by atoms with Crippen molar-refractivity contribution in [1.82, 2.24) is 0 Å². The summed E-state index contributed by atoms with van der Waals surface area (Å²) in [6.45, 7) is 1.49. The molecule has 0 aliphatic rings. The van der Waals surface area contributed by atoms with E-state index in [4.69, 9.17) is 17.3 Å². The van der Waals surface area contributed by atoms with E-state index in [2.05, 4.69) is 0 Å². The summed E-state index contributed by atoms with van der Waals surface area (Å²) in [6.07, 6.45) is -4.93. The van der Waals surface area contributed by atoms with Crippen molar-refractivity contribution in [2.75, 3.05) is 5.75 Å². The van der Waals surface area contributed by atoms with Crippen LogP contribution in [-0.2, 0) is 27.2 Å². The molecule has 0 aromatic heterocycles. The average Bonchev–Trinajstić information content (AvgIpc) is 2.55. The first-order valence-corrected chi connectivity index (χ1v) is 10.5. The number of carbonyl (C=O) groups is 1. The van der Waals surface area contributed by atoms with Gasteiger partial charge in [0, 0.05) is 9.79 Å². The molecule has 1 amide bonds. The Balaban J connectivity index is 2.43. The summed E-state index contributed by atoms with van der Waals surface area (Å²) in [7, 11) is -3.45. The van der Waals surface area contributed by atoms with Crippen LogP contribution in [0.4, 0.5) is 13.2 Å². The Bertz CT molecular complexity index is 976. The molecule has 0 aliphatic carbocycles. The van der Waals surface area contributed by atoms with Crippen LogP contribution in [0.25, 0.3) is 0 Å². The zero-order chi connectivity index (χ0) is 20.4. The van der Waals surface area contributed by atoms with Gasteiger partial charge in [0.1, 0.15) is 0 Å². The number of primary amides is 1. The molecule has 0 spiro atoms. The molecule has 0 heterocycles. The van der Waals surface area contributed by atoms with Gasteiger partial charge < -0.3 is 5.73 Å². The van der Waals surface area contributed by atoms with Crippen molar-refractivity contribution in [3.8, 4) is 0 Å². The number of benzene rings is 2. The van der Waals surface area contributed by atoms with E-state index in [9.17, 15) is 26.4 Å². The van der Waals surface area contributed by atoms with Crippen molar-refractivity contribution in [3.05, 3.63) is 52.5 Å². The molecule has 10 heteroatoms. The number of hydrogen-bond acceptors (Lipinski definition) is 4. The molecule has 0 aliphatic heterocycles. The highest BCUT2D eigenvalue weighted by Crippen LogP contribution is 2.38. The quantitative estimate of drug-likeness (QED) is 0.729. The maximum absolute atomic E-state index is 13.1. The largest absolute Gasteiger partial charge is 0.416 e. The summed E-state index contributed by atoms with van der Waals surface area (Å²) in [5.74, 6) is -0.850. The van der Waals surface area contributed by atoms with Crippen molar-refractivity contribution in [1.29, 1.82) is 0 Å². The molecular formula is C17H15ClF3NO3S2. The highest BCUT2D eigenvalue weighted by molar-refractivity contribution is 7.99. The lowest BCUT2D eigenvalue weighted by atomic mass is 10.1. The minimum absolute atomic E-state index is 0.0396. The highest BCUT2D eigenvalue weighted by atomic mass is 35.5. The standard InChI is InChI=1S/C17H15ClF3NO3S2/c1-2-27(24,25)13-3-4-15(14(18)9-13)26-12-6-10(7-16(22)23)5-11(8-12)17(19,20)21/h3-6,8-9H,2,7H2,1H3,(H2,22,23). The topological polar surface area (TPSA) is 77.2 Å². The van der Waals surface area contributed by atoms with Gasteiger partial charge in [0.25, 0.3) is 0 Å². The van der Waals surface area contributed by atoms with Crippen molar-refractivity contribution >= 4 is 39.1 Å². The number of hydrogen-bond donors (Lipinski definition) is 1. The molecule has 0 saturated heterocycles. The normalized spacial score (nSPS) is 12.2. The van der Waals surface area contributed by atoms with Gasteiger partial charge in [0.15, 0.2) is 9.84 Å². The van der Waals surface area contributed by atoms with E-state index in [1.165, 1.54) is 31.2 Å². The summed E-state index contributed by atoms with van der Waals surface area (Å²) in [6, 6.07) is 7.27. The smallest absolute Gasteiger partial charge is 0.369 e. The number of carbonyl (C=O) groups excluding carboxylic acids is 1. The van der Waals surface area contributed by atoms with Crippen LogP contribution < -0.4 is 5.73 Å². The Morgan fingerprint density at radius 1 is 1.19 bits per heavy atom. The Labute approximate surface area is 163 Å². The number of rotatable bonds is 6. The molecule has 2 aromatic carbocycles. The second kappa shape index (κ2) is 8.12. The Morgan fingerprint density at radius 3 is 2.37 bits per heavy atom. The molecule has 0 atom stereocenters. The van der Waals surface area contributed by atoms with Crippen LogP contribution in [0, 0.1) is 0 Å². The highest BCUT2D eigenvalue weighted by Gasteiger charge is 2.31. The molecule has 146 valence electrons. The van der Waals surface area contributed by atoms with Crippen LogP contribution >= 0.6 is 23.4 Å². The van der Waals surface area contributed by atoms with Crippen LogP contribution in [0.3, 0.4) is 0 Å². The predicted molar refractivity (Wildman–Crippen MR) is 97.6 cm³/mol. The van der Waals surface area contributed by atoms with Gasteiger partial charge in [0.05, 0.1) is 27.7 Å². The molecule has 0 saturated carbocycles. The zero-order valence-electron chi connectivity index (χ0n) is 14.0. The van der Waals surface area contributed by atoms with Crippen LogP contribution in [-0.4, -0.2) is 20.1 Å². The van der Waals surface area contributed by atoms with E-state index in [0.29, 0.717) is 4.90 Å². The van der Waals surface area contributed by atoms with Crippen LogP contribution in [0.2, 0.25) is 5.02 Å². The molecular weight excluding hydrogens is 423 g/mol. The average molecular weight is 438 g/mol. The number of amides is 1. The lowest BCUT2D eigenvalue weighted by Crippen LogP contribution is -2.14. The van der Waals surface area contributed by atoms with E-state index < -0.39 is 27.5 Å². The van der Waals surface area contributed by atoms with Gasteiger partial charge in [-0.1, -0.05) is 30.3 Å². The summed E-state index contributed by atoms with van der Waals surface area (Å²) in [5.41, 5.74) is 4.29. The number of nitrogens with two attached hydrogens (primary N) is 1. The SMILES string of the molecule is CCS(=O)(=O)c1ccc(Sc2cc(CC(N)=O)cc(C(F)(F)F)c2)c(Cl)c1. The molecule has 2 N–H and O–H groups in total. The Hall–Kier alpha value is -1.71. The van der Waals surface area contributed by atoms with Gasteiger partial charge in [-0.15, -0.1) is 0 Å². The molecule has 2 aromatic rings. The van der Waals surface area contributed by atoms with Gasteiger partial charge in [-0.25, -0.2) is 8.42 Å². The van der Waals surface area contributed by atoms with Gasteiger partial charge in [-0.3, -0.25) is 4.79 Å². The van der Waals surface area contributed by atoms with E-state index >= 15 is 0 Å². The number of alkyl halides is 3. The molecule has 0 fully saturated rings. The summed E-state index contributed by atoms with van der Waals surface area (Å²) < 4.78 is 63.1. The Kier molecular flexibility index (Phi) is 6.49. The van der Waals surface area contributed by atoms with Gasteiger partial charge in [-0.2, -0.15) is 13.2 Å².